The molecule has 1 amide bonds. The largest absolute Gasteiger partial charge is 0.369 e. The zero-order valence-corrected chi connectivity index (χ0v) is 15.3. The van der Waals surface area contributed by atoms with Gasteiger partial charge in [0.05, 0.1) is 5.69 Å². The van der Waals surface area contributed by atoms with Crippen molar-refractivity contribution in [1.29, 1.82) is 0 Å². The van der Waals surface area contributed by atoms with Crippen molar-refractivity contribution in [1.82, 2.24) is 19.8 Å². The number of nitrogens with zero attached hydrogens (tertiary/aromatic N) is 3. The number of anilines is 1. The van der Waals surface area contributed by atoms with E-state index in [2.05, 4.69) is 14.9 Å². The number of amides is 1. The summed E-state index contributed by atoms with van der Waals surface area (Å²) in [6, 6.07) is 7.90. The summed E-state index contributed by atoms with van der Waals surface area (Å²) in [6.07, 6.45) is 1.89. The molecule has 3 N–H and O–H groups in total. The first-order valence-corrected chi connectivity index (χ1v) is 8.99. The molecule has 0 spiro atoms. The van der Waals surface area contributed by atoms with Crippen molar-refractivity contribution in [3.8, 4) is 0 Å². The van der Waals surface area contributed by atoms with Crippen LogP contribution in [-0.4, -0.2) is 51.9 Å². The fourth-order valence-electron chi connectivity index (χ4n) is 3.38. The fourth-order valence-corrected chi connectivity index (χ4v) is 3.38. The fraction of sp³-hybridized carbons (Fsp3) is 0.421. The van der Waals surface area contributed by atoms with Crippen LogP contribution in [0, 0.1) is 5.82 Å². The van der Waals surface area contributed by atoms with Gasteiger partial charge in [-0.15, -0.1) is 0 Å². The van der Waals surface area contributed by atoms with E-state index < -0.39 is 0 Å². The Morgan fingerprint density at radius 1 is 1.41 bits per heavy atom. The van der Waals surface area contributed by atoms with E-state index in [1.54, 1.807) is 12.1 Å². The molecule has 1 atom stereocenters. The molecule has 1 saturated heterocycles. The molecule has 1 fully saturated rings. The molecule has 1 unspecified atom stereocenters. The number of hydrogen-bond acceptors (Lipinski definition) is 5. The molecule has 1 aromatic heterocycles. The Morgan fingerprint density at radius 2 is 2.15 bits per heavy atom. The molecular formula is C19H24FN5O2. The van der Waals surface area contributed by atoms with Crippen LogP contribution in [0.3, 0.4) is 0 Å². The molecule has 2 heterocycles. The Morgan fingerprint density at radius 3 is 2.85 bits per heavy atom. The molecule has 0 saturated carbocycles. The molecule has 1 aromatic carbocycles. The van der Waals surface area contributed by atoms with Crippen LogP contribution >= 0.6 is 0 Å². The highest BCUT2D eigenvalue weighted by Gasteiger charge is 2.28. The van der Waals surface area contributed by atoms with Gasteiger partial charge in [0.25, 0.3) is 5.56 Å². The predicted molar refractivity (Wildman–Crippen MR) is 100 cm³/mol. The van der Waals surface area contributed by atoms with Gasteiger partial charge in [-0.2, -0.15) is 0 Å². The predicted octanol–water partition coefficient (Wildman–Crippen LogP) is 1.16. The van der Waals surface area contributed by atoms with E-state index in [0.717, 1.165) is 12.0 Å². The van der Waals surface area contributed by atoms with Gasteiger partial charge in [-0.1, -0.05) is 12.1 Å². The first kappa shape index (κ1) is 19.0. The Kier molecular flexibility index (Phi) is 5.85. The average Bonchev–Trinajstić information content (AvgIpc) is 3.10. The summed E-state index contributed by atoms with van der Waals surface area (Å²) in [6.45, 7) is 1.86. The number of aryl methyl sites for hydroxylation is 1. The lowest BCUT2D eigenvalue weighted by Crippen LogP contribution is -2.36. The summed E-state index contributed by atoms with van der Waals surface area (Å²) in [5.74, 6) is -0.0594. The minimum Gasteiger partial charge on any atom is -0.369 e. The van der Waals surface area contributed by atoms with Gasteiger partial charge in [0.15, 0.2) is 0 Å². The maximum Gasteiger partial charge on any atom is 0.252 e. The van der Waals surface area contributed by atoms with Crippen molar-refractivity contribution >= 4 is 11.9 Å². The van der Waals surface area contributed by atoms with E-state index in [-0.39, 0.29) is 29.3 Å². The van der Waals surface area contributed by atoms with Crippen molar-refractivity contribution in [2.24, 2.45) is 0 Å². The molecule has 0 radical (unpaired) electrons. The Balaban J connectivity index is 1.50. The highest BCUT2D eigenvalue weighted by molar-refractivity contribution is 5.76. The summed E-state index contributed by atoms with van der Waals surface area (Å²) < 4.78 is 12.9. The minimum absolute atomic E-state index is 0.105. The SMILES string of the molecule is CN(Cc1cc(=O)[nH]c(N)n1)C1CCN(C(=O)CCc2ccc(F)cc2)C1. The number of halogens is 1. The second-order valence-electron chi connectivity index (χ2n) is 6.95. The van der Waals surface area contributed by atoms with Gasteiger partial charge in [-0.3, -0.25) is 19.5 Å². The molecule has 144 valence electrons. The van der Waals surface area contributed by atoms with Gasteiger partial charge < -0.3 is 10.6 Å². The quantitative estimate of drug-likeness (QED) is 0.792. The summed E-state index contributed by atoms with van der Waals surface area (Å²) in [4.78, 5) is 34.5. The van der Waals surface area contributed by atoms with E-state index in [1.807, 2.05) is 11.9 Å². The highest BCUT2D eigenvalue weighted by atomic mass is 19.1. The zero-order valence-electron chi connectivity index (χ0n) is 15.3. The third-order valence-electron chi connectivity index (χ3n) is 4.90. The second kappa shape index (κ2) is 8.30. The summed E-state index contributed by atoms with van der Waals surface area (Å²) in [5.41, 5.74) is 6.88. The lowest BCUT2D eigenvalue weighted by molar-refractivity contribution is -0.130. The molecule has 0 aliphatic carbocycles. The van der Waals surface area contributed by atoms with Crippen molar-refractivity contribution in [3.63, 3.8) is 0 Å². The zero-order chi connectivity index (χ0) is 19.4. The standard InChI is InChI=1S/C19H24FN5O2/c1-24(11-15-10-17(26)23-19(21)22-15)16-8-9-25(12-16)18(27)7-4-13-2-5-14(20)6-3-13/h2-3,5-6,10,16H,4,7-9,11-12H2,1H3,(H3,21,22,23,26). The topological polar surface area (TPSA) is 95.3 Å². The molecular weight excluding hydrogens is 349 g/mol. The Labute approximate surface area is 157 Å². The van der Waals surface area contributed by atoms with E-state index in [9.17, 15) is 14.0 Å². The van der Waals surface area contributed by atoms with E-state index in [1.165, 1.54) is 18.2 Å². The molecule has 8 heteroatoms. The first-order chi connectivity index (χ1) is 12.9. The molecule has 1 aliphatic heterocycles. The van der Waals surface area contributed by atoms with Crippen LogP contribution in [0.25, 0.3) is 0 Å². The van der Waals surface area contributed by atoms with Crippen LogP contribution in [0.1, 0.15) is 24.1 Å². The van der Waals surface area contributed by atoms with E-state index >= 15 is 0 Å². The number of hydrogen-bond donors (Lipinski definition) is 2. The number of aromatic amines is 1. The molecule has 7 nitrogen and oxygen atoms in total. The van der Waals surface area contributed by atoms with Gasteiger partial charge in [-0.05, 0) is 37.6 Å². The number of aromatic nitrogens is 2. The van der Waals surface area contributed by atoms with Crippen molar-refractivity contribution in [2.75, 3.05) is 25.9 Å². The van der Waals surface area contributed by atoms with E-state index in [4.69, 9.17) is 5.73 Å². The van der Waals surface area contributed by atoms with Gasteiger partial charge in [0.2, 0.25) is 11.9 Å². The van der Waals surface area contributed by atoms with Crippen LogP contribution in [0.2, 0.25) is 0 Å². The monoisotopic (exact) mass is 373 g/mol. The number of nitrogen functional groups attached to an aromatic ring is 1. The van der Waals surface area contributed by atoms with Crippen LogP contribution in [0.4, 0.5) is 10.3 Å². The van der Waals surface area contributed by atoms with Crippen LogP contribution in [0.5, 0.6) is 0 Å². The van der Waals surface area contributed by atoms with Crippen LogP contribution in [0.15, 0.2) is 35.1 Å². The van der Waals surface area contributed by atoms with Crippen LogP contribution in [-0.2, 0) is 17.8 Å². The van der Waals surface area contributed by atoms with Gasteiger partial charge in [0, 0.05) is 38.2 Å². The number of carbonyl (C=O) groups is 1. The first-order valence-electron chi connectivity index (χ1n) is 8.99. The van der Waals surface area contributed by atoms with E-state index in [0.29, 0.717) is 38.2 Å². The highest BCUT2D eigenvalue weighted by Crippen LogP contribution is 2.18. The lowest BCUT2D eigenvalue weighted by Gasteiger charge is -2.24. The van der Waals surface area contributed by atoms with Gasteiger partial charge in [0.1, 0.15) is 5.82 Å². The second-order valence-corrected chi connectivity index (χ2v) is 6.95. The smallest absolute Gasteiger partial charge is 0.252 e. The Bertz CT molecular complexity index is 852. The maximum absolute atomic E-state index is 12.9. The molecule has 27 heavy (non-hydrogen) atoms. The number of likely N-dealkylation sites (tertiary alicyclic amines) is 1. The number of carbonyl (C=O) groups excluding carboxylic acids is 1. The van der Waals surface area contributed by atoms with Gasteiger partial charge in [-0.25, -0.2) is 9.37 Å². The third-order valence-corrected chi connectivity index (χ3v) is 4.90. The Hall–Kier alpha value is -2.74. The van der Waals surface area contributed by atoms with Crippen molar-refractivity contribution in [2.45, 2.75) is 31.8 Å². The normalized spacial score (nSPS) is 16.9. The number of nitrogens with two attached hydrogens (primary N) is 1. The number of rotatable bonds is 6. The average molecular weight is 373 g/mol. The van der Waals surface area contributed by atoms with Crippen molar-refractivity contribution in [3.05, 3.63) is 57.8 Å². The molecule has 2 aromatic rings. The molecule has 1 aliphatic rings. The number of benzene rings is 1. The summed E-state index contributed by atoms with van der Waals surface area (Å²) >= 11 is 0. The van der Waals surface area contributed by atoms with Crippen LogP contribution < -0.4 is 11.3 Å². The molecule has 0 bridgehead atoms. The van der Waals surface area contributed by atoms with Gasteiger partial charge >= 0.3 is 0 Å². The third kappa shape index (κ3) is 5.13. The number of likely N-dealkylation sites (N-methyl/N-ethyl adjacent to an activating group) is 1. The van der Waals surface area contributed by atoms with Crippen molar-refractivity contribution < 1.29 is 9.18 Å². The summed E-state index contributed by atoms with van der Waals surface area (Å²) in [7, 11) is 1.95. The minimum atomic E-state index is -0.271. The number of H-pyrrole nitrogens is 1. The maximum atomic E-state index is 12.9. The lowest BCUT2D eigenvalue weighted by atomic mass is 10.1. The number of nitrogens with one attached hydrogen (secondary N) is 1. The summed E-state index contributed by atoms with van der Waals surface area (Å²) in [5, 5.41) is 0. The molecule has 3 rings (SSSR count).